The fraction of sp³-hybridized carbons (Fsp3) is 0.897. The molecular weight excluding hydrogens is 1270 g/mol. The number of rotatable bonds is 74. The monoisotopic (exact) mass is 1420 g/mol. The fourth-order valence-corrected chi connectivity index (χ4v) is 12.9. The van der Waals surface area contributed by atoms with Crippen LogP contribution in [0, 0.1) is 17.8 Å². The van der Waals surface area contributed by atoms with Crippen LogP contribution in [0.3, 0.4) is 0 Å². The summed E-state index contributed by atoms with van der Waals surface area (Å²) in [5, 5.41) is 10.6. The minimum Gasteiger partial charge on any atom is -0.462 e. The first-order valence-corrected chi connectivity index (χ1v) is 42.7. The number of hydrogen-bond donors (Lipinski definition) is 3. The Kier molecular flexibility index (Phi) is 66.3. The van der Waals surface area contributed by atoms with Gasteiger partial charge in [0.2, 0.25) is 0 Å². The molecule has 0 heterocycles. The molecule has 0 aliphatic heterocycles. The fourth-order valence-electron chi connectivity index (χ4n) is 11.4. The summed E-state index contributed by atoms with van der Waals surface area (Å²) in [7, 11) is -9.93. The summed E-state index contributed by atoms with van der Waals surface area (Å²) in [4.78, 5) is 72.9. The van der Waals surface area contributed by atoms with Crippen molar-refractivity contribution < 1.29 is 80.2 Å². The summed E-state index contributed by atoms with van der Waals surface area (Å²) >= 11 is 0. The molecule has 0 saturated carbocycles. The number of hydrogen-bond acceptors (Lipinski definition) is 15. The number of phosphoric ester groups is 2. The number of aliphatic hydroxyl groups excluding tert-OH is 1. The lowest BCUT2D eigenvalue weighted by Gasteiger charge is -2.21. The Hall–Kier alpha value is -2.46. The van der Waals surface area contributed by atoms with Crippen molar-refractivity contribution in [3.05, 3.63) is 24.3 Å². The van der Waals surface area contributed by atoms with Crippen LogP contribution in [0.5, 0.6) is 0 Å². The molecule has 7 atom stereocenters. The number of ether oxygens (including phenoxy) is 4. The molecule has 0 radical (unpaired) electrons. The molecule has 0 aliphatic rings. The number of carbonyl (C=O) groups is 4. The third-order valence-electron chi connectivity index (χ3n) is 18.2. The summed E-state index contributed by atoms with van der Waals surface area (Å²) in [5.41, 5.74) is 0. The van der Waals surface area contributed by atoms with Gasteiger partial charge in [0.25, 0.3) is 0 Å². The molecule has 19 heteroatoms. The maximum atomic E-state index is 13.1. The average Bonchev–Trinajstić information content (AvgIpc) is 1.62. The summed E-state index contributed by atoms with van der Waals surface area (Å²) < 4.78 is 68.5. The zero-order valence-electron chi connectivity index (χ0n) is 63.0. The number of aliphatic hydroxyl groups is 1. The Bertz CT molecular complexity index is 1990. The molecule has 3 N–H and O–H groups in total. The number of esters is 4. The third-order valence-corrected chi connectivity index (χ3v) is 20.1. The summed E-state index contributed by atoms with van der Waals surface area (Å²) in [6, 6.07) is 0. The Morgan fingerprint density at radius 2 is 0.608 bits per heavy atom. The quantitative estimate of drug-likeness (QED) is 0.0169. The van der Waals surface area contributed by atoms with E-state index >= 15 is 0 Å². The highest BCUT2D eigenvalue weighted by Gasteiger charge is 2.30. The van der Waals surface area contributed by atoms with E-state index in [1.54, 1.807) is 0 Å². The molecule has 0 saturated heterocycles. The summed E-state index contributed by atoms with van der Waals surface area (Å²) in [5.74, 6) is 0.208. The first kappa shape index (κ1) is 94.5. The van der Waals surface area contributed by atoms with Gasteiger partial charge in [-0.3, -0.25) is 37.3 Å². The standard InChI is InChI=1S/C78H148O17P2/c1-8-11-12-13-14-15-16-17-18-22-25-32-39-47-54-61-77(82)94-73(65-88-75(80)59-52-45-38-31-28-27-30-37-44-51-58-71(7)10-3)67-92-96(84,85)90-63-72(79)64-91-97(86,87)93-68-74(66-89-76(81)60-53-46-41-34-35-42-49-56-69(4)5)95-78(83)62-55-48-40-33-26-23-20-19-21-24-29-36-43-50-57-70(6)9-2/h15-18,69-74,79H,8-14,19-68H2,1-7H3,(H,84,85)(H,86,87)/b16-15-,18-17-/t70?,71?,72?,73-,74-/m1/s1. The van der Waals surface area contributed by atoms with Gasteiger partial charge in [-0.2, -0.15) is 0 Å². The van der Waals surface area contributed by atoms with Crippen molar-refractivity contribution in [2.24, 2.45) is 17.8 Å². The van der Waals surface area contributed by atoms with Crippen LogP contribution in [0.1, 0.15) is 376 Å². The third kappa shape index (κ3) is 69.1. The van der Waals surface area contributed by atoms with Crippen LogP contribution < -0.4 is 0 Å². The van der Waals surface area contributed by atoms with Crippen LogP contribution in [-0.2, 0) is 65.4 Å². The normalized spacial score (nSPS) is 14.8. The second-order valence-electron chi connectivity index (χ2n) is 28.4. The molecule has 0 amide bonds. The van der Waals surface area contributed by atoms with E-state index < -0.39 is 97.5 Å². The van der Waals surface area contributed by atoms with Gasteiger partial charge in [0.15, 0.2) is 12.2 Å². The van der Waals surface area contributed by atoms with Crippen molar-refractivity contribution in [3.8, 4) is 0 Å². The summed E-state index contributed by atoms with van der Waals surface area (Å²) in [6.45, 7) is 11.9. The summed E-state index contributed by atoms with van der Waals surface area (Å²) in [6.07, 6.45) is 57.6. The van der Waals surface area contributed by atoms with Crippen LogP contribution in [0.4, 0.5) is 0 Å². The number of unbranched alkanes of at least 4 members (excludes halogenated alkanes) is 37. The lowest BCUT2D eigenvalue weighted by Crippen LogP contribution is -2.30. The molecule has 5 unspecified atom stereocenters. The van der Waals surface area contributed by atoms with Crippen LogP contribution in [-0.4, -0.2) is 96.7 Å². The second kappa shape index (κ2) is 68.0. The minimum atomic E-state index is -4.97. The number of phosphoric acid groups is 2. The molecule has 0 fully saturated rings. The van der Waals surface area contributed by atoms with Gasteiger partial charge in [-0.1, -0.05) is 323 Å². The van der Waals surface area contributed by atoms with E-state index in [1.807, 2.05) is 0 Å². The molecule has 17 nitrogen and oxygen atoms in total. The van der Waals surface area contributed by atoms with E-state index in [-0.39, 0.29) is 25.7 Å². The van der Waals surface area contributed by atoms with Gasteiger partial charge in [-0.05, 0) is 69.1 Å². The van der Waals surface area contributed by atoms with Gasteiger partial charge in [-0.25, -0.2) is 9.13 Å². The first-order valence-electron chi connectivity index (χ1n) is 39.7. The van der Waals surface area contributed by atoms with Crippen molar-refractivity contribution in [2.45, 2.75) is 394 Å². The molecule has 0 aromatic heterocycles. The maximum Gasteiger partial charge on any atom is 0.472 e. The van der Waals surface area contributed by atoms with Crippen molar-refractivity contribution in [3.63, 3.8) is 0 Å². The van der Waals surface area contributed by atoms with Gasteiger partial charge < -0.3 is 33.8 Å². The number of allylic oxidation sites excluding steroid dienone is 4. The van der Waals surface area contributed by atoms with E-state index in [0.717, 1.165) is 121 Å². The highest BCUT2D eigenvalue weighted by molar-refractivity contribution is 7.47. The molecule has 0 bridgehead atoms. The Balaban J connectivity index is 5.28. The highest BCUT2D eigenvalue weighted by atomic mass is 31.2. The minimum absolute atomic E-state index is 0.0846. The molecule has 0 aromatic carbocycles. The van der Waals surface area contributed by atoms with Crippen LogP contribution in [0.2, 0.25) is 0 Å². The van der Waals surface area contributed by atoms with E-state index in [0.29, 0.717) is 31.6 Å². The molecule has 97 heavy (non-hydrogen) atoms. The lowest BCUT2D eigenvalue weighted by molar-refractivity contribution is -0.161. The first-order chi connectivity index (χ1) is 46.8. The Morgan fingerprint density at radius 3 is 0.918 bits per heavy atom. The van der Waals surface area contributed by atoms with Crippen LogP contribution >= 0.6 is 15.6 Å². The van der Waals surface area contributed by atoms with Gasteiger partial charge >= 0.3 is 39.5 Å². The topological polar surface area (TPSA) is 237 Å². The molecular formula is C78H148O17P2. The van der Waals surface area contributed by atoms with E-state index in [9.17, 15) is 43.2 Å². The van der Waals surface area contributed by atoms with Gasteiger partial charge in [0, 0.05) is 25.7 Å². The van der Waals surface area contributed by atoms with E-state index in [2.05, 4.69) is 72.8 Å². The van der Waals surface area contributed by atoms with Crippen molar-refractivity contribution in [1.82, 2.24) is 0 Å². The Labute approximate surface area is 592 Å². The van der Waals surface area contributed by atoms with E-state index in [1.165, 1.54) is 167 Å². The molecule has 0 rings (SSSR count). The predicted molar refractivity (Wildman–Crippen MR) is 395 cm³/mol. The zero-order valence-corrected chi connectivity index (χ0v) is 64.8. The zero-order chi connectivity index (χ0) is 71.6. The molecule has 572 valence electrons. The van der Waals surface area contributed by atoms with Gasteiger partial charge in [0.1, 0.15) is 19.3 Å². The highest BCUT2D eigenvalue weighted by Crippen LogP contribution is 2.45. The van der Waals surface area contributed by atoms with Crippen molar-refractivity contribution >= 4 is 39.5 Å². The SMILES string of the molecule is CCCCCC/C=C\C=C/CCCCCCCC(=O)O[C@H](COC(=O)CCCCCCCCCCCCC(C)CC)COP(=O)(O)OCC(O)COP(=O)(O)OC[C@@H](COC(=O)CCCCCCCCCC(C)C)OC(=O)CCCCCCCCCCCCCCCCC(C)CC. The molecule has 0 aliphatic carbocycles. The number of carbonyl (C=O) groups excluding carboxylic acids is 4. The van der Waals surface area contributed by atoms with Crippen molar-refractivity contribution in [2.75, 3.05) is 39.6 Å². The average molecular weight is 1420 g/mol. The van der Waals surface area contributed by atoms with E-state index in [4.69, 9.17) is 37.0 Å². The smallest absolute Gasteiger partial charge is 0.462 e. The van der Waals surface area contributed by atoms with Gasteiger partial charge in [-0.15, -0.1) is 0 Å². The Morgan fingerprint density at radius 1 is 0.340 bits per heavy atom. The van der Waals surface area contributed by atoms with Gasteiger partial charge in [0.05, 0.1) is 26.4 Å². The second-order valence-corrected chi connectivity index (χ2v) is 31.3. The maximum absolute atomic E-state index is 13.1. The van der Waals surface area contributed by atoms with Crippen molar-refractivity contribution in [1.29, 1.82) is 0 Å². The molecule has 0 aromatic rings. The molecule has 0 spiro atoms. The van der Waals surface area contributed by atoms with Crippen LogP contribution in [0.25, 0.3) is 0 Å². The largest absolute Gasteiger partial charge is 0.472 e. The lowest BCUT2D eigenvalue weighted by atomic mass is 9.99. The predicted octanol–water partition coefficient (Wildman–Crippen LogP) is 22.5. The van der Waals surface area contributed by atoms with Crippen LogP contribution in [0.15, 0.2) is 24.3 Å².